The lowest BCUT2D eigenvalue weighted by atomic mass is 10.1. The zero-order valence-corrected chi connectivity index (χ0v) is 11.0. The molecule has 0 fully saturated rings. The van der Waals surface area contributed by atoms with Gasteiger partial charge in [0, 0.05) is 22.3 Å². The van der Waals surface area contributed by atoms with Gasteiger partial charge in [-0.3, -0.25) is 0 Å². The second-order valence-corrected chi connectivity index (χ2v) is 5.04. The number of rotatable bonds is 2. The number of benzene rings is 1. The molecule has 1 aromatic carbocycles. The number of aromatic nitrogens is 1. The van der Waals surface area contributed by atoms with Gasteiger partial charge in [0.15, 0.2) is 0 Å². The van der Waals surface area contributed by atoms with Gasteiger partial charge < -0.3 is 10.3 Å². The molecule has 0 spiro atoms. The highest BCUT2D eigenvalue weighted by Crippen LogP contribution is 2.30. The van der Waals surface area contributed by atoms with Gasteiger partial charge in [-0.05, 0) is 37.6 Å². The van der Waals surface area contributed by atoms with Gasteiger partial charge >= 0.3 is 0 Å². The molecule has 2 nitrogen and oxygen atoms in total. The van der Waals surface area contributed by atoms with E-state index in [1.165, 1.54) is 0 Å². The summed E-state index contributed by atoms with van der Waals surface area (Å²) in [7, 11) is 0. The van der Waals surface area contributed by atoms with Crippen LogP contribution in [0.4, 0.5) is 5.82 Å². The average molecular weight is 279 g/mol. The van der Waals surface area contributed by atoms with Crippen LogP contribution in [0.1, 0.15) is 19.9 Å². The lowest BCUT2D eigenvalue weighted by Crippen LogP contribution is -2.04. The summed E-state index contributed by atoms with van der Waals surface area (Å²) >= 11 is 3.47. The molecule has 0 saturated carbocycles. The van der Waals surface area contributed by atoms with Crippen molar-refractivity contribution in [2.24, 2.45) is 0 Å². The maximum absolute atomic E-state index is 6.13. The van der Waals surface area contributed by atoms with Crippen LogP contribution >= 0.6 is 15.9 Å². The van der Waals surface area contributed by atoms with Crippen molar-refractivity contribution in [2.45, 2.75) is 19.9 Å². The standard InChI is InChI=1S/C13H15BrN2/c1-9(2)16-7-6-12(13(16)15)10-4-3-5-11(14)8-10/h3-9H,15H2,1-2H3. The molecule has 3 heteroatoms. The molecule has 0 aliphatic heterocycles. The van der Waals surface area contributed by atoms with E-state index in [9.17, 15) is 0 Å². The summed E-state index contributed by atoms with van der Waals surface area (Å²) in [4.78, 5) is 0. The predicted octanol–water partition coefficient (Wildman–Crippen LogP) is 4.08. The Morgan fingerprint density at radius 1 is 1.25 bits per heavy atom. The number of nitrogens with zero attached hydrogens (tertiary/aromatic N) is 1. The average Bonchev–Trinajstić information content (AvgIpc) is 2.60. The topological polar surface area (TPSA) is 30.9 Å². The van der Waals surface area contributed by atoms with E-state index in [1.54, 1.807) is 0 Å². The summed E-state index contributed by atoms with van der Waals surface area (Å²) in [6.45, 7) is 4.25. The first-order chi connectivity index (χ1) is 7.59. The molecule has 84 valence electrons. The first kappa shape index (κ1) is 11.3. The second-order valence-electron chi connectivity index (χ2n) is 4.13. The molecule has 1 aromatic heterocycles. The summed E-state index contributed by atoms with van der Waals surface area (Å²) in [6.07, 6.45) is 2.04. The molecule has 0 atom stereocenters. The van der Waals surface area contributed by atoms with Crippen molar-refractivity contribution in [2.75, 3.05) is 5.73 Å². The molecular formula is C13H15BrN2. The molecule has 1 heterocycles. The van der Waals surface area contributed by atoms with Crippen molar-refractivity contribution in [3.05, 3.63) is 41.0 Å². The number of anilines is 1. The Labute approximate surface area is 104 Å². The van der Waals surface area contributed by atoms with E-state index in [0.29, 0.717) is 6.04 Å². The van der Waals surface area contributed by atoms with Crippen LogP contribution in [-0.4, -0.2) is 4.57 Å². The zero-order valence-electron chi connectivity index (χ0n) is 9.44. The van der Waals surface area contributed by atoms with Gasteiger partial charge in [-0.2, -0.15) is 0 Å². The van der Waals surface area contributed by atoms with Crippen LogP contribution in [0.5, 0.6) is 0 Å². The number of nitrogen functional groups attached to an aromatic ring is 1. The lowest BCUT2D eigenvalue weighted by Gasteiger charge is -2.10. The second kappa shape index (κ2) is 4.34. The Balaban J connectivity index is 2.49. The highest BCUT2D eigenvalue weighted by molar-refractivity contribution is 9.10. The van der Waals surface area contributed by atoms with Crippen molar-refractivity contribution in [1.82, 2.24) is 4.57 Å². The number of hydrogen-bond acceptors (Lipinski definition) is 1. The van der Waals surface area contributed by atoms with Crippen molar-refractivity contribution >= 4 is 21.7 Å². The molecule has 0 aliphatic rings. The summed E-state index contributed by atoms with van der Waals surface area (Å²) < 4.78 is 3.15. The third-order valence-corrected chi connectivity index (χ3v) is 3.14. The van der Waals surface area contributed by atoms with E-state index < -0.39 is 0 Å². The van der Waals surface area contributed by atoms with Crippen molar-refractivity contribution < 1.29 is 0 Å². The maximum atomic E-state index is 6.13. The maximum Gasteiger partial charge on any atom is 0.111 e. The largest absolute Gasteiger partial charge is 0.385 e. The van der Waals surface area contributed by atoms with E-state index >= 15 is 0 Å². The molecule has 0 amide bonds. The fraction of sp³-hybridized carbons (Fsp3) is 0.231. The van der Waals surface area contributed by atoms with Gasteiger partial charge in [0.05, 0.1) is 0 Å². The van der Waals surface area contributed by atoms with E-state index in [2.05, 4.69) is 52.5 Å². The van der Waals surface area contributed by atoms with Gasteiger partial charge in [-0.25, -0.2) is 0 Å². The van der Waals surface area contributed by atoms with Crippen LogP contribution in [0.25, 0.3) is 11.1 Å². The Morgan fingerprint density at radius 3 is 2.56 bits per heavy atom. The third-order valence-electron chi connectivity index (χ3n) is 2.65. The predicted molar refractivity (Wildman–Crippen MR) is 72.4 cm³/mol. The van der Waals surface area contributed by atoms with Crippen LogP contribution in [0.15, 0.2) is 41.0 Å². The van der Waals surface area contributed by atoms with Crippen molar-refractivity contribution in [1.29, 1.82) is 0 Å². The van der Waals surface area contributed by atoms with E-state index in [4.69, 9.17) is 5.73 Å². The molecular weight excluding hydrogens is 264 g/mol. The number of nitrogens with two attached hydrogens (primary N) is 1. The molecule has 16 heavy (non-hydrogen) atoms. The van der Waals surface area contributed by atoms with Crippen LogP contribution in [0, 0.1) is 0 Å². The normalized spacial score (nSPS) is 11.0. The van der Waals surface area contributed by atoms with Crippen LogP contribution in [0.2, 0.25) is 0 Å². The summed E-state index contributed by atoms with van der Waals surface area (Å²) in [6, 6.07) is 10.6. The first-order valence-corrected chi connectivity index (χ1v) is 6.11. The molecule has 0 bridgehead atoms. The highest BCUT2D eigenvalue weighted by Gasteiger charge is 2.09. The molecule has 0 unspecified atom stereocenters. The Bertz CT molecular complexity index is 500. The Hall–Kier alpha value is -1.22. The van der Waals surface area contributed by atoms with Crippen molar-refractivity contribution in [3.8, 4) is 11.1 Å². The Morgan fingerprint density at radius 2 is 2.00 bits per heavy atom. The monoisotopic (exact) mass is 278 g/mol. The summed E-state index contributed by atoms with van der Waals surface area (Å²) in [5, 5.41) is 0. The van der Waals surface area contributed by atoms with E-state index in [-0.39, 0.29) is 0 Å². The minimum Gasteiger partial charge on any atom is -0.385 e. The zero-order chi connectivity index (χ0) is 11.7. The van der Waals surface area contributed by atoms with Gasteiger partial charge in [-0.15, -0.1) is 0 Å². The van der Waals surface area contributed by atoms with E-state index in [0.717, 1.165) is 21.4 Å². The first-order valence-electron chi connectivity index (χ1n) is 5.32. The third kappa shape index (κ3) is 2.00. The number of halogens is 1. The molecule has 0 saturated heterocycles. The minimum atomic E-state index is 0.390. The highest BCUT2D eigenvalue weighted by atomic mass is 79.9. The quantitative estimate of drug-likeness (QED) is 0.882. The molecule has 2 N–H and O–H groups in total. The van der Waals surface area contributed by atoms with Crippen LogP contribution in [-0.2, 0) is 0 Å². The van der Waals surface area contributed by atoms with Crippen LogP contribution < -0.4 is 5.73 Å². The van der Waals surface area contributed by atoms with Crippen molar-refractivity contribution in [3.63, 3.8) is 0 Å². The van der Waals surface area contributed by atoms with Gasteiger partial charge in [0.2, 0.25) is 0 Å². The summed E-state index contributed by atoms with van der Waals surface area (Å²) in [5.74, 6) is 0.827. The molecule has 0 aliphatic carbocycles. The summed E-state index contributed by atoms with van der Waals surface area (Å²) in [5.41, 5.74) is 8.37. The molecule has 0 radical (unpaired) electrons. The van der Waals surface area contributed by atoms with Gasteiger partial charge in [0.25, 0.3) is 0 Å². The van der Waals surface area contributed by atoms with Gasteiger partial charge in [-0.1, -0.05) is 28.1 Å². The van der Waals surface area contributed by atoms with Gasteiger partial charge in [0.1, 0.15) is 5.82 Å². The lowest BCUT2D eigenvalue weighted by molar-refractivity contribution is 0.612. The van der Waals surface area contributed by atoms with E-state index in [1.807, 2.05) is 18.3 Å². The fourth-order valence-corrected chi connectivity index (χ4v) is 2.21. The minimum absolute atomic E-state index is 0.390. The smallest absolute Gasteiger partial charge is 0.111 e. The van der Waals surface area contributed by atoms with Crippen LogP contribution in [0.3, 0.4) is 0 Å². The fourth-order valence-electron chi connectivity index (χ4n) is 1.81. The Kier molecular flexibility index (Phi) is 3.06. The SMILES string of the molecule is CC(C)n1ccc(-c2cccc(Br)c2)c1N. The molecule has 2 aromatic rings. The number of hydrogen-bond donors (Lipinski definition) is 1. The molecule has 2 rings (SSSR count).